The number of para-hydroxylation sites is 2. The summed E-state index contributed by atoms with van der Waals surface area (Å²) in [5.74, 6) is 0.932. The number of thioether (sulfide) groups is 1. The molecule has 3 aromatic rings. The third-order valence-electron chi connectivity index (χ3n) is 5.40. The molecule has 0 saturated heterocycles. The lowest BCUT2D eigenvalue weighted by atomic mass is 10.2. The number of imidazole rings is 1. The van der Waals surface area contributed by atoms with Gasteiger partial charge in [0.15, 0.2) is 0 Å². The fourth-order valence-electron chi connectivity index (χ4n) is 3.89. The number of nitrogens with zero attached hydrogens (tertiary/aromatic N) is 2. The number of rotatable bonds is 6. The van der Waals surface area contributed by atoms with Crippen molar-refractivity contribution < 1.29 is 4.79 Å². The first-order valence-corrected chi connectivity index (χ1v) is 11.1. The summed E-state index contributed by atoms with van der Waals surface area (Å²) in [7, 11) is 0. The van der Waals surface area contributed by atoms with E-state index in [9.17, 15) is 4.79 Å². The van der Waals surface area contributed by atoms with Crippen LogP contribution in [0.3, 0.4) is 0 Å². The Labute approximate surface area is 169 Å². The molecule has 1 fully saturated rings. The highest BCUT2D eigenvalue weighted by atomic mass is 32.2. The molecular weight excluding hydrogens is 368 g/mol. The lowest BCUT2D eigenvalue weighted by Gasteiger charge is -2.29. The van der Waals surface area contributed by atoms with E-state index >= 15 is 0 Å². The average molecular weight is 395 g/mol. The van der Waals surface area contributed by atoms with E-state index in [1.165, 1.54) is 17.7 Å². The zero-order valence-corrected chi connectivity index (χ0v) is 17.0. The van der Waals surface area contributed by atoms with Crippen LogP contribution in [0.5, 0.6) is 0 Å². The monoisotopic (exact) mass is 394 g/mol. The maximum Gasteiger partial charge on any atom is 0.322 e. The first-order chi connectivity index (χ1) is 13.7. The van der Waals surface area contributed by atoms with Crippen molar-refractivity contribution >= 4 is 34.5 Å². The van der Waals surface area contributed by atoms with Crippen molar-refractivity contribution in [1.29, 1.82) is 0 Å². The molecule has 0 bridgehead atoms. The number of aromatic nitrogens is 2. The first-order valence-electron chi connectivity index (χ1n) is 9.88. The standard InChI is InChI=1S/C22H26N4OS/c1-28-18-12-10-16(11-13-18)23-22(27)26(17-6-2-3-7-17)15-14-21-24-19-8-4-5-9-20(19)25-21/h4-5,8-13,17H,2-3,6-7,14-15H2,1H3,(H,23,27)(H,24,25). The Morgan fingerprint density at radius 1 is 1.18 bits per heavy atom. The number of amides is 2. The summed E-state index contributed by atoms with van der Waals surface area (Å²) < 4.78 is 0. The molecule has 146 valence electrons. The van der Waals surface area contributed by atoms with Crippen LogP contribution >= 0.6 is 11.8 Å². The van der Waals surface area contributed by atoms with Crippen LogP contribution in [-0.2, 0) is 6.42 Å². The van der Waals surface area contributed by atoms with Gasteiger partial charge in [-0.3, -0.25) is 0 Å². The van der Waals surface area contributed by atoms with E-state index in [0.717, 1.165) is 41.8 Å². The molecule has 5 nitrogen and oxygen atoms in total. The molecule has 1 heterocycles. The van der Waals surface area contributed by atoms with Crippen LogP contribution in [0.2, 0.25) is 0 Å². The quantitative estimate of drug-likeness (QED) is 0.557. The fraction of sp³-hybridized carbons (Fsp3) is 0.364. The van der Waals surface area contributed by atoms with E-state index in [2.05, 4.69) is 15.3 Å². The molecule has 0 radical (unpaired) electrons. The molecule has 2 amide bonds. The van der Waals surface area contributed by atoms with Gasteiger partial charge in [-0.05, 0) is 55.5 Å². The van der Waals surface area contributed by atoms with Crippen LogP contribution in [0.4, 0.5) is 10.5 Å². The van der Waals surface area contributed by atoms with Crippen LogP contribution in [-0.4, -0.2) is 39.7 Å². The SMILES string of the molecule is CSc1ccc(NC(=O)N(CCc2nc3ccccc3[nH]2)C2CCCC2)cc1. The normalized spacial score (nSPS) is 14.5. The molecule has 6 heteroatoms. The number of carbonyl (C=O) groups excluding carboxylic acids is 1. The highest BCUT2D eigenvalue weighted by Gasteiger charge is 2.26. The maximum atomic E-state index is 13.0. The molecule has 0 aliphatic heterocycles. The summed E-state index contributed by atoms with van der Waals surface area (Å²) >= 11 is 1.70. The Hall–Kier alpha value is -2.47. The second-order valence-corrected chi connectivity index (χ2v) is 8.12. The number of urea groups is 1. The number of carbonyl (C=O) groups is 1. The van der Waals surface area contributed by atoms with Gasteiger partial charge in [-0.2, -0.15) is 0 Å². The van der Waals surface area contributed by atoms with Gasteiger partial charge in [0.25, 0.3) is 0 Å². The highest BCUT2D eigenvalue weighted by molar-refractivity contribution is 7.98. The second kappa shape index (κ2) is 8.69. The highest BCUT2D eigenvalue weighted by Crippen LogP contribution is 2.25. The van der Waals surface area contributed by atoms with Gasteiger partial charge in [0.05, 0.1) is 11.0 Å². The smallest absolute Gasteiger partial charge is 0.322 e. The minimum atomic E-state index is -0.0140. The maximum absolute atomic E-state index is 13.0. The number of anilines is 1. The number of H-pyrrole nitrogens is 1. The molecule has 1 aliphatic carbocycles. The van der Waals surface area contributed by atoms with Gasteiger partial charge in [-0.1, -0.05) is 25.0 Å². The van der Waals surface area contributed by atoms with E-state index in [1.54, 1.807) is 11.8 Å². The number of fused-ring (bicyclic) bond motifs is 1. The molecule has 0 spiro atoms. The van der Waals surface area contributed by atoms with Gasteiger partial charge >= 0.3 is 6.03 Å². The number of benzene rings is 2. The average Bonchev–Trinajstić information content (AvgIpc) is 3.38. The van der Waals surface area contributed by atoms with Crippen LogP contribution in [0, 0.1) is 0 Å². The predicted octanol–water partition coefficient (Wildman–Crippen LogP) is 5.30. The Morgan fingerprint density at radius 3 is 2.64 bits per heavy atom. The van der Waals surface area contributed by atoms with E-state index in [4.69, 9.17) is 0 Å². The van der Waals surface area contributed by atoms with Crippen molar-refractivity contribution in [3.8, 4) is 0 Å². The Morgan fingerprint density at radius 2 is 1.93 bits per heavy atom. The van der Waals surface area contributed by atoms with Crippen molar-refractivity contribution in [3.63, 3.8) is 0 Å². The summed E-state index contributed by atoms with van der Waals surface area (Å²) in [6.45, 7) is 0.666. The van der Waals surface area contributed by atoms with Gasteiger partial charge in [0.1, 0.15) is 5.82 Å². The summed E-state index contributed by atoms with van der Waals surface area (Å²) in [6, 6.07) is 16.4. The number of hydrogen-bond acceptors (Lipinski definition) is 3. The minimum absolute atomic E-state index is 0.0140. The summed E-state index contributed by atoms with van der Waals surface area (Å²) in [5.41, 5.74) is 2.86. The van der Waals surface area contributed by atoms with E-state index in [-0.39, 0.29) is 6.03 Å². The Bertz CT molecular complexity index is 898. The minimum Gasteiger partial charge on any atom is -0.342 e. The summed E-state index contributed by atoms with van der Waals surface area (Å²) in [6.07, 6.45) is 7.33. The predicted molar refractivity (Wildman–Crippen MR) is 116 cm³/mol. The number of hydrogen-bond donors (Lipinski definition) is 2. The van der Waals surface area contributed by atoms with Gasteiger partial charge in [0.2, 0.25) is 0 Å². The topological polar surface area (TPSA) is 61.0 Å². The molecular formula is C22H26N4OS. The van der Waals surface area contributed by atoms with Gasteiger partial charge in [-0.25, -0.2) is 9.78 Å². The molecule has 1 aliphatic rings. The van der Waals surface area contributed by atoms with Gasteiger partial charge in [0, 0.05) is 29.6 Å². The van der Waals surface area contributed by atoms with Crippen molar-refractivity contribution in [2.75, 3.05) is 18.1 Å². The Kier molecular flexibility index (Phi) is 5.86. The Balaban J connectivity index is 1.45. The third kappa shape index (κ3) is 4.33. The van der Waals surface area contributed by atoms with E-state index < -0.39 is 0 Å². The molecule has 0 unspecified atom stereocenters. The van der Waals surface area contributed by atoms with Crippen LogP contribution in [0.25, 0.3) is 11.0 Å². The van der Waals surface area contributed by atoms with Crippen molar-refractivity contribution in [1.82, 2.24) is 14.9 Å². The lowest BCUT2D eigenvalue weighted by molar-refractivity contribution is 0.189. The molecule has 2 N–H and O–H groups in total. The molecule has 4 rings (SSSR count). The third-order valence-corrected chi connectivity index (χ3v) is 6.14. The first kappa shape index (κ1) is 18.9. The second-order valence-electron chi connectivity index (χ2n) is 7.24. The number of nitrogens with one attached hydrogen (secondary N) is 2. The fourth-order valence-corrected chi connectivity index (χ4v) is 4.29. The molecule has 1 saturated carbocycles. The zero-order chi connectivity index (χ0) is 19.3. The van der Waals surface area contributed by atoms with Gasteiger partial charge < -0.3 is 15.2 Å². The van der Waals surface area contributed by atoms with Crippen molar-refractivity contribution in [2.45, 2.75) is 43.0 Å². The summed E-state index contributed by atoms with van der Waals surface area (Å²) in [4.78, 5) is 24.2. The van der Waals surface area contributed by atoms with Crippen molar-refractivity contribution in [2.24, 2.45) is 0 Å². The van der Waals surface area contributed by atoms with E-state index in [1.807, 2.05) is 59.7 Å². The van der Waals surface area contributed by atoms with Crippen molar-refractivity contribution in [3.05, 3.63) is 54.4 Å². The number of aromatic amines is 1. The molecule has 1 aromatic heterocycles. The largest absolute Gasteiger partial charge is 0.342 e. The zero-order valence-electron chi connectivity index (χ0n) is 16.1. The molecule has 28 heavy (non-hydrogen) atoms. The van der Waals surface area contributed by atoms with Gasteiger partial charge in [-0.15, -0.1) is 11.8 Å². The summed E-state index contributed by atoms with van der Waals surface area (Å²) in [5, 5.41) is 3.08. The van der Waals surface area contributed by atoms with Crippen LogP contribution < -0.4 is 5.32 Å². The van der Waals surface area contributed by atoms with Crippen LogP contribution in [0.1, 0.15) is 31.5 Å². The molecule has 2 aromatic carbocycles. The lowest BCUT2D eigenvalue weighted by Crippen LogP contribution is -2.43. The molecule has 0 atom stereocenters. The van der Waals surface area contributed by atoms with E-state index in [0.29, 0.717) is 12.6 Å². The van der Waals surface area contributed by atoms with Crippen LogP contribution in [0.15, 0.2) is 53.4 Å².